The van der Waals surface area contributed by atoms with E-state index in [9.17, 15) is 18.8 Å². The molecule has 2 N–H and O–H groups in total. The molecule has 2 aromatic carbocycles. The van der Waals surface area contributed by atoms with E-state index in [2.05, 4.69) is 10.6 Å². The molecule has 0 saturated carbocycles. The lowest BCUT2D eigenvalue weighted by Gasteiger charge is -2.20. The van der Waals surface area contributed by atoms with Crippen molar-refractivity contribution in [3.8, 4) is 5.75 Å². The third-order valence-electron chi connectivity index (χ3n) is 6.75. The van der Waals surface area contributed by atoms with Gasteiger partial charge in [0, 0.05) is 23.9 Å². The van der Waals surface area contributed by atoms with Gasteiger partial charge in [-0.3, -0.25) is 14.5 Å². The van der Waals surface area contributed by atoms with Crippen LogP contribution >= 0.6 is 0 Å². The fourth-order valence-electron chi connectivity index (χ4n) is 5.10. The van der Waals surface area contributed by atoms with E-state index in [4.69, 9.17) is 9.47 Å². The Morgan fingerprint density at radius 2 is 1.97 bits per heavy atom. The van der Waals surface area contributed by atoms with E-state index in [0.717, 1.165) is 5.39 Å². The van der Waals surface area contributed by atoms with Gasteiger partial charge in [0.25, 0.3) is 11.5 Å². The topological polar surface area (TPSA) is 102 Å². The summed E-state index contributed by atoms with van der Waals surface area (Å²) in [6.45, 7) is 1.42. The number of halogens is 1. The van der Waals surface area contributed by atoms with Crippen LogP contribution in [0.25, 0.3) is 10.9 Å². The number of hydrogen-bond donors (Lipinski definition) is 2. The summed E-state index contributed by atoms with van der Waals surface area (Å²) in [5.41, 5.74) is 2.26. The molecule has 1 saturated heterocycles. The number of carbonyl (C=O) groups excluding carboxylic acids is 2. The number of nitrogens with zero attached hydrogens (tertiary/aromatic N) is 2. The summed E-state index contributed by atoms with van der Waals surface area (Å²) in [5, 5.41) is 6.93. The lowest BCUT2D eigenvalue weighted by Crippen LogP contribution is -2.32. The summed E-state index contributed by atoms with van der Waals surface area (Å²) >= 11 is 0. The first-order chi connectivity index (χ1) is 17.0. The highest BCUT2D eigenvalue weighted by atomic mass is 19.1. The molecular weight excluding hydrogens is 455 g/mol. The molecule has 2 amide bonds. The third-order valence-corrected chi connectivity index (χ3v) is 6.75. The maximum atomic E-state index is 14.4. The number of nitrogens with one attached hydrogen (secondary N) is 2. The van der Waals surface area contributed by atoms with Gasteiger partial charge in [-0.25, -0.2) is 9.18 Å². The van der Waals surface area contributed by atoms with Crippen LogP contribution in [0.15, 0.2) is 47.3 Å². The Bertz CT molecular complexity index is 1420. The standard InChI is InChI=1S/C25H23FN4O5/c26-19-4-1-14-2-6-23(32)30-16(9-18(19)24(14)30)11-27-8-7-17-12-29(25(33)35-17)15-3-5-21-20(10-15)28-22(31)13-34-21/h1-6,10,16-17,27H,7-9,11-13H2,(H,28,31)/t16-,17+/m1/s1. The molecule has 180 valence electrons. The number of amides is 2. The lowest BCUT2D eigenvalue weighted by atomic mass is 10.1. The van der Waals surface area contributed by atoms with Crippen molar-refractivity contribution in [1.82, 2.24) is 9.88 Å². The Morgan fingerprint density at radius 3 is 2.86 bits per heavy atom. The van der Waals surface area contributed by atoms with E-state index in [1.165, 1.54) is 17.0 Å². The van der Waals surface area contributed by atoms with Gasteiger partial charge >= 0.3 is 6.09 Å². The van der Waals surface area contributed by atoms with Crippen molar-refractivity contribution in [3.63, 3.8) is 0 Å². The smallest absolute Gasteiger partial charge is 0.414 e. The third kappa shape index (κ3) is 3.79. The van der Waals surface area contributed by atoms with E-state index in [1.807, 2.05) is 0 Å². The number of fused-ring (bicyclic) bond motifs is 1. The van der Waals surface area contributed by atoms with Crippen LogP contribution in [0.2, 0.25) is 0 Å². The van der Waals surface area contributed by atoms with Gasteiger partial charge in [-0.15, -0.1) is 0 Å². The zero-order chi connectivity index (χ0) is 24.1. The zero-order valence-corrected chi connectivity index (χ0v) is 18.8. The predicted molar refractivity (Wildman–Crippen MR) is 127 cm³/mol. The maximum Gasteiger partial charge on any atom is 0.414 e. The Labute approximate surface area is 199 Å². The molecule has 35 heavy (non-hydrogen) atoms. The van der Waals surface area contributed by atoms with Crippen LogP contribution in [0.3, 0.4) is 0 Å². The summed E-state index contributed by atoms with van der Waals surface area (Å²) in [4.78, 5) is 38.1. The van der Waals surface area contributed by atoms with E-state index < -0.39 is 6.09 Å². The van der Waals surface area contributed by atoms with Crippen LogP contribution in [-0.2, 0) is 16.0 Å². The molecule has 0 unspecified atom stereocenters. The molecule has 0 radical (unpaired) electrons. The normalized spacial score (nSPS) is 20.5. The van der Waals surface area contributed by atoms with Gasteiger partial charge in [0.1, 0.15) is 17.7 Å². The van der Waals surface area contributed by atoms with E-state index in [0.29, 0.717) is 60.7 Å². The molecule has 3 aromatic rings. The number of benzene rings is 2. The molecule has 0 aliphatic carbocycles. The van der Waals surface area contributed by atoms with Crippen molar-refractivity contribution in [2.24, 2.45) is 0 Å². The molecule has 1 aromatic heterocycles. The quantitative estimate of drug-likeness (QED) is 0.528. The van der Waals surface area contributed by atoms with Gasteiger partial charge in [-0.2, -0.15) is 0 Å². The van der Waals surface area contributed by atoms with Crippen LogP contribution in [0.4, 0.5) is 20.6 Å². The van der Waals surface area contributed by atoms with Crippen LogP contribution in [0.5, 0.6) is 5.75 Å². The van der Waals surface area contributed by atoms with Crippen molar-refractivity contribution in [2.45, 2.75) is 25.0 Å². The monoisotopic (exact) mass is 478 g/mol. The van der Waals surface area contributed by atoms with Gasteiger partial charge in [-0.05, 0) is 61.2 Å². The lowest BCUT2D eigenvalue weighted by molar-refractivity contribution is -0.118. The fourth-order valence-corrected chi connectivity index (χ4v) is 5.10. The second-order valence-electron chi connectivity index (χ2n) is 8.99. The molecule has 0 spiro atoms. The van der Waals surface area contributed by atoms with Gasteiger partial charge < -0.3 is 24.7 Å². The molecule has 9 nitrogen and oxygen atoms in total. The summed E-state index contributed by atoms with van der Waals surface area (Å²) in [6, 6.07) is 11.4. The number of pyridine rings is 1. The minimum Gasteiger partial charge on any atom is -0.482 e. The van der Waals surface area contributed by atoms with E-state index >= 15 is 0 Å². The second-order valence-corrected chi connectivity index (χ2v) is 8.99. The average molecular weight is 478 g/mol. The summed E-state index contributed by atoms with van der Waals surface area (Å²) < 4.78 is 26.9. The van der Waals surface area contributed by atoms with Crippen LogP contribution in [-0.4, -0.2) is 48.9 Å². The molecule has 6 rings (SSSR count). The number of cyclic esters (lactones) is 1. The van der Waals surface area contributed by atoms with Crippen LogP contribution in [0.1, 0.15) is 18.0 Å². The highest BCUT2D eigenvalue weighted by Crippen LogP contribution is 2.34. The molecule has 3 aliphatic rings. The summed E-state index contributed by atoms with van der Waals surface area (Å²) in [6.07, 6.45) is 0.291. The SMILES string of the molecule is O=C1COc2ccc(N3C[C@H](CCNC[C@H]4Cc5c(F)ccc6ccc(=O)n4c56)OC3=O)cc2N1. The molecule has 4 heterocycles. The largest absolute Gasteiger partial charge is 0.482 e. The zero-order valence-electron chi connectivity index (χ0n) is 18.8. The highest BCUT2D eigenvalue weighted by molar-refractivity contribution is 5.97. The highest BCUT2D eigenvalue weighted by Gasteiger charge is 2.33. The van der Waals surface area contributed by atoms with Gasteiger partial charge in [0.15, 0.2) is 6.61 Å². The van der Waals surface area contributed by atoms with Crippen LogP contribution < -0.4 is 25.8 Å². The first-order valence-corrected chi connectivity index (χ1v) is 11.6. The number of aromatic nitrogens is 1. The molecule has 3 aliphatic heterocycles. The minimum absolute atomic E-state index is 0.0289. The average Bonchev–Trinajstić information content (AvgIpc) is 3.42. The van der Waals surface area contributed by atoms with Crippen molar-refractivity contribution in [1.29, 1.82) is 0 Å². The molecule has 0 bridgehead atoms. The Morgan fingerprint density at radius 1 is 1.11 bits per heavy atom. The first kappa shape index (κ1) is 21.6. The van der Waals surface area contributed by atoms with Crippen molar-refractivity contribution >= 4 is 34.3 Å². The molecule has 10 heteroatoms. The Balaban J connectivity index is 1.06. The van der Waals surface area contributed by atoms with E-state index in [-0.39, 0.29) is 36.0 Å². The number of carbonyl (C=O) groups is 2. The molecule has 1 fully saturated rings. The molecule has 2 atom stereocenters. The van der Waals surface area contributed by atoms with Crippen LogP contribution in [0, 0.1) is 5.82 Å². The molecular formula is C25H23FN4O5. The number of hydrogen-bond acceptors (Lipinski definition) is 6. The van der Waals surface area contributed by atoms with Gasteiger partial charge in [0.2, 0.25) is 0 Å². The first-order valence-electron chi connectivity index (χ1n) is 11.6. The van der Waals surface area contributed by atoms with Crippen molar-refractivity contribution in [2.75, 3.05) is 36.5 Å². The fraction of sp³-hybridized carbons (Fsp3) is 0.320. The van der Waals surface area contributed by atoms with E-state index in [1.54, 1.807) is 34.9 Å². The number of ether oxygens (including phenoxy) is 2. The second kappa shape index (κ2) is 8.38. The Kier molecular flexibility index (Phi) is 5.18. The van der Waals surface area contributed by atoms with Crippen molar-refractivity contribution < 1.29 is 23.5 Å². The predicted octanol–water partition coefficient (Wildman–Crippen LogP) is 2.57. The Hall–Kier alpha value is -3.92. The minimum atomic E-state index is -0.446. The summed E-state index contributed by atoms with van der Waals surface area (Å²) in [5.74, 6) is 0.0326. The van der Waals surface area contributed by atoms with Gasteiger partial charge in [-0.1, -0.05) is 0 Å². The van der Waals surface area contributed by atoms with Crippen molar-refractivity contribution in [3.05, 3.63) is 64.2 Å². The number of rotatable bonds is 6. The summed E-state index contributed by atoms with van der Waals surface area (Å²) in [7, 11) is 0. The van der Waals surface area contributed by atoms with Gasteiger partial charge in [0.05, 0.1) is 23.8 Å². The number of anilines is 2. The maximum absolute atomic E-state index is 14.4.